The molecule has 0 atom stereocenters. The lowest BCUT2D eigenvalue weighted by atomic mass is 9.96. The normalized spacial score (nSPS) is 14.8. The van der Waals surface area contributed by atoms with E-state index in [0.717, 1.165) is 54.6 Å². The quantitative estimate of drug-likeness (QED) is 0.491. The van der Waals surface area contributed by atoms with Gasteiger partial charge in [-0.3, -0.25) is 9.89 Å². The van der Waals surface area contributed by atoms with E-state index < -0.39 is 0 Å². The molecular formula is C25H26FN5O. The molecule has 1 N–H and O–H groups in total. The number of aryl methyl sites for hydroxylation is 1. The minimum absolute atomic E-state index is 0.117. The number of hydrogen-bond acceptors (Lipinski definition) is 3. The third-order valence-corrected chi connectivity index (χ3v) is 6.42. The van der Waals surface area contributed by atoms with Crippen LogP contribution in [0.25, 0.3) is 22.2 Å². The van der Waals surface area contributed by atoms with Crippen LogP contribution in [0.15, 0.2) is 61.2 Å². The monoisotopic (exact) mass is 431 g/mol. The molecule has 1 amide bonds. The highest BCUT2D eigenvalue weighted by Crippen LogP contribution is 2.25. The molecule has 7 heteroatoms. The van der Waals surface area contributed by atoms with E-state index in [1.807, 2.05) is 23.4 Å². The molecule has 1 fully saturated rings. The smallest absolute Gasteiger partial charge is 0.222 e. The highest BCUT2D eigenvalue weighted by Gasteiger charge is 2.23. The van der Waals surface area contributed by atoms with Crippen molar-refractivity contribution in [2.75, 3.05) is 13.1 Å². The third-order valence-electron chi connectivity index (χ3n) is 6.42. The van der Waals surface area contributed by atoms with Crippen LogP contribution in [0.3, 0.4) is 0 Å². The first-order chi connectivity index (χ1) is 15.7. The average molecular weight is 432 g/mol. The Bertz CT molecular complexity index is 1210. The fraction of sp³-hybridized carbons (Fsp3) is 0.320. The zero-order valence-corrected chi connectivity index (χ0v) is 17.9. The fourth-order valence-electron chi connectivity index (χ4n) is 4.54. The number of likely N-dealkylation sites (tertiary alicyclic amines) is 1. The molecule has 4 heterocycles. The molecule has 4 aromatic rings. The summed E-state index contributed by atoms with van der Waals surface area (Å²) in [4.78, 5) is 19.2. The maximum absolute atomic E-state index is 13.8. The van der Waals surface area contributed by atoms with Crippen molar-refractivity contribution in [3.05, 3.63) is 72.6 Å². The Morgan fingerprint density at radius 3 is 2.75 bits per heavy atom. The summed E-state index contributed by atoms with van der Waals surface area (Å²) in [5, 5.41) is 7.96. The first kappa shape index (κ1) is 20.4. The topological polar surface area (TPSA) is 66.8 Å². The van der Waals surface area contributed by atoms with Crippen LogP contribution in [0.1, 0.15) is 24.8 Å². The molecule has 6 nitrogen and oxygen atoms in total. The van der Waals surface area contributed by atoms with Gasteiger partial charge in [0.05, 0.1) is 6.20 Å². The Hall–Kier alpha value is -3.48. The number of aromatic amines is 1. The second-order valence-corrected chi connectivity index (χ2v) is 8.51. The Morgan fingerprint density at radius 1 is 1.12 bits per heavy atom. The molecule has 0 saturated carbocycles. The molecule has 0 radical (unpaired) electrons. The van der Waals surface area contributed by atoms with E-state index in [-0.39, 0.29) is 11.7 Å². The number of amides is 1. The summed E-state index contributed by atoms with van der Waals surface area (Å²) in [6, 6.07) is 10.9. The lowest BCUT2D eigenvalue weighted by molar-refractivity contribution is -0.132. The number of hydrogen-bond donors (Lipinski definition) is 1. The Labute approximate surface area is 186 Å². The van der Waals surface area contributed by atoms with E-state index in [2.05, 4.69) is 33.1 Å². The van der Waals surface area contributed by atoms with E-state index in [1.165, 1.54) is 6.07 Å². The van der Waals surface area contributed by atoms with Gasteiger partial charge in [0.1, 0.15) is 11.5 Å². The summed E-state index contributed by atoms with van der Waals surface area (Å²) >= 11 is 0. The molecule has 0 spiro atoms. The lowest BCUT2D eigenvalue weighted by Gasteiger charge is -2.32. The largest absolute Gasteiger partial charge is 0.343 e. The van der Waals surface area contributed by atoms with Gasteiger partial charge >= 0.3 is 0 Å². The standard InChI is InChI=1S/C25H26FN5O/c26-23-4-2-1-3-19(23)5-6-24(32)30-10-7-18(8-11-30)17-31-12-9-20-13-21(14-27-25(20)31)22-15-28-29-16-22/h1-4,9,12-16,18H,5-8,10-11,17H2,(H,28,29). The number of carbonyl (C=O) groups is 1. The van der Waals surface area contributed by atoms with Gasteiger partial charge in [-0.25, -0.2) is 9.37 Å². The van der Waals surface area contributed by atoms with Crippen LogP contribution >= 0.6 is 0 Å². The first-order valence-corrected chi connectivity index (χ1v) is 11.1. The number of H-pyrrole nitrogens is 1. The van der Waals surface area contributed by atoms with Crippen molar-refractivity contribution in [2.24, 2.45) is 5.92 Å². The van der Waals surface area contributed by atoms with E-state index in [9.17, 15) is 9.18 Å². The van der Waals surface area contributed by atoms with Crippen LogP contribution in [0, 0.1) is 11.7 Å². The van der Waals surface area contributed by atoms with Crippen LogP contribution in [0.5, 0.6) is 0 Å². The van der Waals surface area contributed by atoms with Crippen molar-refractivity contribution in [3.63, 3.8) is 0 Å². The number of halogens is 1. The van der Waals surface area contributed by atoms with E-state index >= 15 is 0 Å². The molecule has 164 valence electrons. The van der Waals surface area contributed by atoms with Gasteiger partial charge < -0.3 is 9.47 Å². The van der Waals surface area contributed by atoms with Crippen LogP contribution in [-0.4, -0.2) is 43.6 Å². The van der Waals surface area contributed by atoms with Crippen molar-refractivity contribution in [2.45, 2.75) is 32.2 Å². The highest BCUT2D eigenvalue weighted by atomic mass is 19.1. The zero-order valence-electron chi connectivity index (χ0n) is 17.9. The maximum atomic E-state index is 13.8. The summed E-state index contributed by atoms with van der Waals surface area (Å²) in [7, 11) is 0. The van der Waals surface area contributed by atoms with E-state index in [4.69, 9.17) is 4.98 Å². The Kier molecular flexibility index (Phi) is 5.71. The van der Waals surface area contributed by atoms with Gasteiger partial charge in [0, 0.05) is 61.2 Å². The summed E-state index contributed by atoms with van der Waals surface area (Å²) in [6.45, 7) is 2.43. The van der Waals surface area contributed by atoms with Crippen LogP contribution in [0.4, 0.5) is 4.39 Å². The molecule has 0 bridgehead atoms. The number of pyridine rings is 1. The minimum Gasteiger partial charge on any atom is -0.343 e. The Morgan fingerprint density at radius 2 is 1.97 bits per heavy atom. The Balaban J connectivity index is 1.16. The van der Waals surface area contributed by atoms with Crippen molar-refractivity contribution >= 4 is 16.9 Å². The van der Waals surface area contributed by atoms with Crippen LogP contribution in [-0.2, 0) is 17.8 Å². The van der Waals surface area contributed by atoms with Gasteiger partial charge in [0.15, 0.2) is 0 Å². The highest BCUT2D eigenvalue weighted by molar-refractivity contribution is 5.81. The van der Waals surface area contributed by atoms with E-state index in [0.29, 0.717) is 24.3 Å². The summed E-state index contributed by atoms with van der Waals surface area (Å²) in [6.07, 6.45) is 10.4. The molecule has 0 aliphatic carbocycles. The third kappa shape index (κ3) is 4.28. The van der Waals surface area contributed by atoms with Gasteiger partial charge in [0.25, 0.3) is 0 Å². The molecular weight excluding hydrogens is 405 g/mol. The number of nitrogens with one attached hydrogen (secondary N) is 1. The molecule has 3 aromatic heterocycles. The molecule has 0 unspecified atom stereocenters. The number of nitrogens with zero attached hydrogens (tertiary/aromatic N) is 4. The number of fused-ring (bicyclic) bond motifs is 1. The predicted octanol–water partition coefficient (Wildman–Crippen LogP) is 4.44. The maximum Gasteiger partial charge on any atom is 0.222 e. The average Bonchev–Trinajstić information content (AvgIpc) is 3.49. The van der Waals surface area contributed by atoms with Gasteiger partial charge in [-0.1, -0.05) is 18.2 Å². The lowest BCUT2D eigenvalue weighted by Crippen LogP contribution is -2.39. The SMILES string of the molecule is O=C(CCc1ccccc1F)N1CCC(Cn2ccc3cc(-c4cn[nH]c4)cnc32)CC1. The number of piperidine rings is 1. The van der Waals surface area contributed by atoms with Crippen LogP contribution in [0.2, 0.25) is 0 Å². The number of aromatic nitrogens is 4. The number of benzene rings is 1. The van der Waals surface area contributed by atoms with Crippen molar-refractivity contribution < 1.29 is 9.18 Å². The molecule has 1 aliphatic heterocycles. The van der Waals surface area contributed by atoms with Crippen molar-refractivity contribution in [1.82, 2.24) is 24.6 Å². The van der Waals surface area contributed by atoms with Gasteiger partial charge in [-0.2, -0.15) is 5.10 Å². The second kappa shape index (κ2) is 8.94. The fourth-order valence-corrected chi connectivity index (χ4v) is 4.54. The summed E-state index contributed by atoms with van der Waals surface area (Å²) in [5.41, 5.74) is 3.67. The zero-order chi connectivity index (χ0) is 21.9. The van der Waals surface area contributed by atoms with Gasteiger partial charge in [-0.15, -0.1) is 0 Å². The van der Waals surface area contributed by atoms with Gasteiger partial charge in [-0.05, 0) is 48.9 Å². The number of rotatable bonds is 6. The molecule has 1 saturated heterocycles. The first-order valence-electron chi connectivity index (χ1n) is 11.1. The summed E-state index contributed by atoms with van der Waals surface area (Å²) < 4.78 is 16.0. The van der Waals surface area contributed by atoms with E-state index in [1.54, 1.807) is 18.3 Å². The minimum atomic E-state index is -0.233. The van der Waals surface area contributed by atoms with Gasteiger partial charge in [0.2, 0.25) is 5.91 Å². The molecule has 1 aliphatic rings. The summed E-state index contributed by atoms with van der Waals surface area (Å²) in [5.74, 6) is 0.395. The van der Waals surface area contributed by atoms with Crippen LogP contribution < -0.4 is 0 Å². The second-order valence-electron chi connectivity index (χ2n) is 8.51. The molecule has 32 heavy (non-hydrogen) atoms. The number of carbonyl (C=O) groups excluding carboxylic acids is 1. The molecule has 1 aromatic carbocycles. The van der Waals surface area contributed by atoms with Crippen molar-refractivity contribution in [3.8, 4) is 11.1 Å². The predicted molar refractivity (Wildman–Crippen MR) is 121 cm³/mol. The molecule has 5 rings (SSSR count). The van der Waals surface area contributed by atoms with Crippen molar-refractivity contribution in [1.29, 1.82) is 0 Å².